The molecule has 0 spiro atoms. The van der Waals surface area contributed by atoms with Crippen LogP contribution in [0.1, 0.15) is 62.0 Å². The summed E-state index contributed by atoms with van der Waals surface area (Å²) < 4.78 is 10.5. The van der Waals surface area contributed by atoms with Crippen molar-refractivity contribution >= 4 is 5.91 Å². The highest BCUT2D eigenvalue weighted by Gasteiger charge is 2.34. The van der Waals surface area contributed by atoms with E-state index >= 15 is 0 Å². The normalized spacial score (nSPS) is 22.8. The third-order valence-corrected chi connectivity index (χ3v) is 6.58. The van der Waals surface area contributed by atoms with Crippen LogP contribution in [-0.2, 0) is 16.0 Å². The summed E-state index contributed by atoms with van der Waals surface area (Å²) in [6, 6.07) is 0.669. The number of rotatable bonds is 9. The first-order chi connectivity index (χ1) is 13.6. The van der Waals surface area contributed by atoms with Gasteiger partial charge in [-0.2, -0.15) is 0 Å². The van der Waals surface area contributed by atoms with E-state index < -0.39 is 0 Å². The molecule has 158 valence electrons. The third kappa shape index (κ3) is 5.35. The van der Waals surface area contributed by atoms with Crippen molar-refractivity contribution in [1.29, 1.82) is 0 Å². The zero-order chi connectivity index (χ0) is 19.9. The minimum atomic E-state index is 0.254. The van der Waals surface area contributed by atoms with Crippen LogP contribution < -0.4 is 0 Å². The highest BCUT2D eigenvalue weighted by atomic mass is 16.5. The van der Waals surface area contributed by atoms with Crippen LogP contribution in [0, 0.1) is 19.8 Å². The zero-order valence-corrected chi connectivity index (χ0v) is 17.9. The lowest BCUT2D eigenvalue weighted by Gasteiger charge is -2.45. The summed E-state index contributed by atoms with van der Waals surface area (Å²) in [6.07, 6.45) is 8.61. The Kier molecular flexibility index (Phi) is 7.91. The van der Waals surface area contributed by atoms with Crippen LogP contribution in [0.5, 0.6) is 0 Å². The van der Waals surface area contributed by atoms with Crippen LogP contribution in [0.2, 0.25) is 0 Å². The van der Waals surface area contributed by atoms with E-state index in [1.165, 1.54) is 45.2 Å². The standard InChI is InChI=1S/C22H37N3O3/c1-17-20(18(2)28-23-17)10-11-22(26)25(14-7-15-27-3)16-19-8-6-13-24-12-5-4-9-21(19)24/h19,21H,4-16H2,1-3H3. The minimum absolute atomic E-state index is 0.254. The fraction of sp³-hybridized carbons (Fsp3) is 0.818. The van der Waals surface area contributed by atoms with E-state index in [1.807, 2.05) is 13.8 Å². The van der Waals surface area contributed by atoms with Crippen LogP contribution in [0.4, 0.5) is 0 Å². The number of hydrogen-bond acceptors (Lipinski definition) is 5. The second-order valence-electron chi connectivity index (χ2n) is 8.49. The fourth-order valence-electron chi connectivity index (χ4n) is 5.04. The molecule has 0 radical (unpaired) electrons. The van der Waals surface area contributed by atoms with E-state index in [1.54, 1.807) is 7.11 Å². The van der Waals surface area contributed by atoms with Crippen LogP contribution in [0.25, 0.3) is 0 Å². The topological polar surface area (TPSA) is 58.8 Å². The molecule has 2 aliphatic rings. The van der Waals surface area contributed by atoms with Gasteiger partial charge in [0.05, 0.1) is 5.69 Å². The maximum atomic E-state index is 13.1. The first-order valence-corrected chi connectivity index (χ1v) is 11.0. The Bertz CT molecular complexity index is 609. The Balaban J connectivity index is 1.61. The van der Waals surface area contributed by atoms with Gasteiger partial charge in [-0.1, -0.05) is 11.6 Å². The van der Waals surface area contributed by atoms with E-state index in [2.05, 4.69) is 15.0 Å². The zero-order valence-electron chi connectivity index (χ0n) is 17.9. The lowest BCUT2D eigenvalue weighted by atomic mass is 9.83. The number of methoxy groups -OCH3 is 1. The first-order valence-electron chi connectivity index (χ1n) is 11.0. The van der Waals surface area contributed by atoms with Gasteiger partial charge in [0.1, 0.15) is 5.76 Å². The second kappa shape index (κ2) is 10.4. The van der Waals surface area contributed by atoms with Gasteiger partial charge in [0.2, 0.25) is 5.91 Å². The molecule has 0 saturated carbocycles. The van der Waals surface area contributed by atoms with Crippen molar-refractivity contribution in [3.63, 3.8) is 0 Å². The lowest BCUT2D eigenvalue weighted by Crippen LogP contribution is -2.51. The smallest absolute Gasteiger partial charge is 0.222 e. The maximum Gasteiger partial charge on any atom is 0.222 e. The number of nitrogens with zero attached hydrogens (tertiary/aromatic N) is 3. The molecule has 3 heterocycles. The quantitative estimate of drug-likeness (QED) is 0.604. The van der Waals surface area contributed by atoms with Crippen molar-refractivity contribution in [2.75, 3.05) is 39.9 Å². The van der Waals surface area contributed by atoms with Gasteiger partial charge in [-0.25, -0.2) is 0 Å². The molecule has 1 aromatic heterocycles. The molecule has 2 fully saturated rings. The summed E-state index contributed by atoms with van der Waals surface area (Å²) in [6.45, 7) is 8.74. The van der Waals surface area contributed by atoms with Gasteiger partial charge in [0.25, 0.3) is 0 Å². The number of ether oxygens (including phenoxy) is 1. The Labute approximate surface area is 169 Å². The van der Waals surface area contributed by atoms with Crippen LogP contribution in [0.15, 0.2) is 4.52 Å². The first kappa shape index (κ1) is 21.3. The minimum Gasteiger partial charge on any atom is -0.385 e. The number of carbonyl (C=O) groups is 1. The molecule has 0 bridgehead atoms. The molecule has 2 saturated heterocycles. The molecule has 1 aromatic rings. The van der Waals surface area contributed by atoms with Gasteiger partial charge in [0, 0.05) is 44.8 Å². The van der Waals surface area contributed by atoms with Crippen LogP contribution in [0.3, 0.4) is 0 Å². The maximum absolute atomic E-state index is 13.1. The van der Waals surface area contributed by atoms with Crippen molar-refractivity contribution in [3.05, 3.63) is 17.0 Å². The number of amides is 1. The second-order valence-corrected chi connectivity index (χ2v) is 8.49. The van der Waals surface area contributed by atoms with Gasteiger partial charge < -0.3 is 19.1 Å². The fourth-order valence-corrected chi connectivity index (χ4v) is 5.04. The van der Waals surface area contributed by atoms with Gasteiger partial charge in [-0.15, -0.1) is 0 Å². The van der Waals surface area contributed by atoms with E-state index in [9.17, 15) is 4.79 Å². The average Bonchev–Trinajstić information content (AvgIpc) is 3.03. The molecule has 2 aliphatic heterocycles. The van der Waals surface area contributed by atoms with E-state index in [-0.39, 0.29) is 5.91 Å². The van der Waals surface area contributed by atoms with E-state index in [0.717, 1.165) is 36.5 Å². The summed E-state index contributed by atoms with van der Waals surface area (Å²) in [5.41, 5.74) is 1.99. The highest BCUT2D eigenvalue weighted by Crippen LogP contribution is 2.31. The molecular formula is C22H37N3O3. The summed E-state index contributed by atoms with van der Waals surface area (Å²) in [5, 5.41) is 4.02. The molecule has 1 amide bonds. The third-order valence-electron chi connectivity index (χ3n) is 6.58. The van der Waals surface area contributed by atoms with Crippen molar-refractivity contribution in [2.24, 2.45) is 5.92 Å². The summed E-state index contributed by atoms with van der Waals surface area (Å²) in [5.74, 6) is 1.70. The molecule has 0 N–H and O–H groups in total. The molecule has 6 nitrogen and oxygen atoms in total. The van der Waals surface area contributed by atoms with Gasteiger partial charge in [-0.05, 0) is 71.4 Å². The van der Waals surface area contributed by atoms with Crippen molar-refractivity contribution < 1.29 is 14.1 Å². The van der Waals surface area contributed by atoms with Crippen molar-refractivity contribution in [3.8, 4) is 0 Å². The molecule has 2 atom stereocenters. The van der Waals surface area contributed by atoms with Crippen LogP contribution in [-0.4, -0.2) is 66.8 Å². The van der Waals surface area contributed by atoms with Gasteiger partial charge >= 0.3 is 0 Å². The SMILES string of the molecule is COCCCN(CC1CCCN2CCCCC12)C(=O)CCc1c(C)noc1C. The Morgan fingerprint density at radius 2 is 2.07 bits per heavy atom. The van der Waals surface area contributed by atoms with Crippen molar-refractivity contribution in [2.45, 2.75) is 71.3 Å². The van der Waals surface area contributed by atoms with E-state index in [4.69, 9.17) is 9.26 Å². The van der Waals surface area contributed by atoms with Gasteiger partial charge in [-0.3, -0.25) is 4.79 Å². The molecule has 3 rings (SSSR count). The number of hydrogen-bond donors (Lipinski definition) is 0. The number of aromatic nitrogens is 1. The molecule has 0 aliphatic carbocycles. The number of fused-ring (bicyclic) bond motifs is 1. The molecule has 28 heavy (non-hydrogen) atoms. The summed E-state index contributed by atoms with van der Waals surface area (Å²) >= 11 is 0. The number of carbonyl (C=O) groups excluding carboxylic acids is 1. The van der Waals surface area contributed by atoms with E-state index in [0.29, 0.717) is 31.4 Å². The number of aryl methyl sites for hydroxylation is 2. The molecule has 2 unspecified atom stereocenters. The molecule has 0 aromatic carbocycles. The summed E-state index contributed by atoms with van der Waals surface area (Å²) in [4.78, 5) is 17.9. The molecular weight excluding hydrogens is 354 g/mol. The van der Waals surface area contributed by atoms with Crippen LogP contribution >= 0.6 is 0 Å². The van der Waals surface area contributed by atoms with Gasteiger partial charge in [0.15, 0.2) is 0 Å². The highest BCUT2D eigenvalue weighted by molar-refractivity contribution is 5.76. The Hall–Kier alpha value is -1.40. The largest absolute Gasteiger partial charge is 0.385 e. The van der Waals surface area contributed by atoms with Crippen molar-refractivity contribution in [1.82, 2.24) is 15.0 Å². The predicted octanol–water partition coefficient (Wildman–Crippen LogP) is 3.35. The number of piperidine rings is 2. The summed E-state index contributed by atoms with van der Waals surface area (Å²) in [7, 11) is 1.73. The Morgan fingerprint density at radius 1 is 1.25 bits per heavy atom. The average molecular weight is 392 g/mol. The lowest BCUT2D eigenvalue weighted by molar-refractivity contribution is -0.132. The molecule has 6 heteroatoms. The monoisotopic (exact) mass is 391 g/mol. The predicted molar refractivity (Wildman–Crippen MR) is 109 cm³/mol. The Morgan fingerprint density at radius 3 is 2.82 bits per heavy atom.